The van der Waals surface area contributed by atoms with Crippen molar-refractivity contribution < 1.29 is 9.18 Å². The molecule has 0 fully saturated rings. The summed E-state index contributed by atoms with van der Waals surface area (Å²) in [5, 5.41) is 4.18. The molecule has 160 valence electrons. The van der Waals surface area contributed by atoms with Crippen molar-refractivity contribution >= 4 is 22.4 Å². The molecule has 0 aliphatic rings. The number of nitrogens with zero attached hydrogens (tertiary/aromatic N) is 1. The van der Waals surface area contributed by atoms with Crippen LogP contribution in [0.1, 0.15) is 16.7 Å². The average Bonchev–Trinajstić information content (AvgIpc) is 2.79. The molecule has 1 amide bonds. The van der Waals surface area contributed by atoms with E-state index in [1.807, 2.05) is 43.3 Å². The zero-order valence-electron chi connectivity index (χ0n) is 18.0. The molecule has 5 heteroatoms. The zero-order valence-corrected chi connectivity index (χ0v) is 18.0. The lowest BCUT2D eigenvalue weighted by Gasteiger charge is -2.16. The van der Waals surface area contributed by atoms with Crippen LogP contribution in [-0.4, -0.2) is 10.5 Å². The number of carbonyl (C=O) groups excluding carboxylic acids is 1. The second-order valence-corrected chi connectivity index (χ2v) is 7.84. The molecular formula is C27H23FN2O2. The minimum absolute atomic E-state index is 0.0911. The summed E-state index contributed by atoms with van der Waals surface area (Å²) in [7, 11) is 1.71. The second-order valence-electron chi connectivity index (χ2n) is 7.84. The molecule has 4 nitrogen and oxygen atoms in total. The number of aromatic nitrogens is 1. The number of hydrogen-bond donors (Lipinski definition) is 1. The summed E-state index contributed by atoms with van der Waals surface area (Å²) in [5.74, 6) is -0.580. The number of aryl methyl sites for hydroxylation is 2. The summed E-state index contributed by atoms with van der Waals surface area (Å²) in [6.07, 6.45) is 3.36. The van der Waals surface area contributed by atoms with Crippen molar-refractivity contribution in [2.75, 3.05) is 5.32 Å². The van der Waals surface area contributed by atoms with Crippen molar-refractivity contribution in [1.82, 2.24) is 4.57 Å². The molecule has 1 aromatic heterocycles. The van der Waals surface area contributed by atoms with E-state index in [1.165, 1.54) is 12.1 Å². The van der Waals surface area contributed by atoms with E-state index in [0.717, 1.165) is 27.6 Å². The van der Waals surface area contributed by atoms with Crippen LogP contribution >= 0.6 is 0 Å². The number of pyridine rings is 1. The molecule has 3 aromatic carbocycles. The van der Waals surface area contributed by atoms with Gasteiger partial charge in [-0.05, 0) is 64.9 Å². The van der Waals surface area contributed by atoms with Gasteiger partial charge in [-0.3, -0.25) is 9.59 Å². The lowest BCUT2D eigenvalue weighted by molar-refractivity contribution is -0.111. The van der Waals surface area contributed by atoms with Crippen molar-refractivity contribution in [3.05, 3.63) is 112 Å². The van der Waals surface area contributed by atoms with Gasteiger partial charge < -0.3 is 9.88 Å². The third-order valence-electron chi connectivity index (χ3n) is 5.53. The maximum atomic E-state index is 14.6. The molecule has 0 aliphatic carbocycles. The van der Waals surface area contributed by atoms with E-state index in [9.17, 15) is 14.0 Å². The number of carbonyl (C=O) groups is 1. The molecule has 0 saturated heterocycles. The van der Waals surface area contributed by atoms with Gasteiger partial charge in [0.1, 0.15) is 5.82 Å². The Kier molecular flexibility index (Phi) is 5.73. The normalized spacial score (nSPS) is 10.8. The number of nitrogens with one attached hydrogen (secondary N) is 1. The summed E-state index contributed by atoms with van der Waals surface area (Å²) < 4.78 is 16.2. The van der Waals surface area contributed by atoms with Crippen LogP contribution in [0, 0.1) is 12.7 Å². The second kappa shape index (κ2) is 8.63. The van der Waals surface area contributed by atoms with Gasteiger partial charge >= 0.3 is 0 Å². The molecule has 0 atom stereocenters. The number of halogens is 1. The maximum absolute atomic E-state index is 14.6. The van der Waals surface area contributed by atoms with Gasteiger partial charge in [-0.1, -0.05) is 43.0 Å². The van der Waals surface area contributed by atoms with Gasteiger partial charge in [-0.15, -0.1) is 0 Å². The highest BCUT2D eigenvalue weighted by Crippen LogP contribution is 2.33. The van der Waals surface area contributed by atoms with E-state index in [1.54, 1.807) is 36.0 Å². The average molecular weight is 426 g/mol. The van der Waals surface area contributed by atoms with Crippen LogP contribution < -0.4 is 10.9 Å². The summed E-state index contributed by atoms with van der Waals surface area (Å²) in [6.45, 7) is 5.35. The summed E-state index contributed by atoms with van der Waals surface area (Å²) >= 11 is 0. The molecule has 1 N–H and O–H groups in total. The fourth-order valence-electron chi connectivity index (χ4n) is 3.88. The first-order valence-electron chi connectivity index (χ1n) is 10.3. The lowest BCUT2D eigenvalue weighted by Crippen LogP contribution is -2.16. The summed E-state index contributed by atoms with van der Waals surface area (Å²) in [6, 6.07) is 18.1. The van der Waals surface area contributed by atoms with Crippen LogP contribution in [0.25, 0.3) is 21.9 Å². The van der Waals surface area contributed by atoms with Crippen molar-refractivity contribution in [3.63, 3.8) is 0 Å². The van der Waals surface area contributed by atoms with Gasteiger partial charge in [0.25, 0.3) is 5.56 Å². The number of amides is 1. The first-order valence-corrected chi connectivity index (χ1v) is 10.3. The molecule has 0 radical (unpaired) electrons. The first-order chi connectivity index (χ1) is 15.4. The highest BCUT2D eigenvalue weighted by atomic mass is 19.1. The number of anilines is 1. The molecule has 1 heterocycles. The fraction of sp³-hybridized carbons (Fsp3) is 0.111. The Balaban J connectivity index is 1.94. The van der Waals surface area contributed by atoms with Gasteiger partial charge in [-0.25, -0.2) is 4.39 Å². The van der Waals surface area contributed by atoms with Crippen LogP contribution in [0.15, 0.2) is 84.3 Å². The predicted octanol–water partition coefficient (Wildman–Crippen LogP) is 5.37. The largest absolute Gasteiger partial charge is 0.323 e. The molecular weight excluding hydrogens is 403 g/mol. The van der Waals surface area contributed by atoms with Crippen molar-refractivity contribution in [3.8, 4) is 11.1 Å². The summed E-state index contributed by atoms with van der Waals surface area (Å²) in [5.41, 5.74) is 4.47. The van der Waals surface area contributed by atoms with E-state index < -0.39 is 0 Å². The Morgan fingerprint density at radius 1 is 1.03 bits per heavy atom. The Bertz CT molecular complexity index is 1420. The first kappa shape index (κ1) is 21.2. The minimum Gasteiger partial charge on any atom is -0.323 e. The van der Waals surface area contributed by atoms with Gasteiger partial charge in [0, 0.05) is 36.3 Å². The number of hydrogen-bond acceptors (Lipinski definition) is 2. The van der Waals surface area contributed by atoms with E-state index in [2.05, 4.69) is 11.9 Å². The standard InChI is InChI=1S/C27H23FN2O2/c1-4-26(31)29-20-12-11-18(14-19-10-9-17(2)13-25(19)28)23(15-20)24-16-30(3)27(32)22-8-6-5-7-21(22)24/h4-13,15-16H,1,14H2,2-3H3,(H,29,31). The predicted molar refractivity (Wildman–Crippen MR) is 127 cm³/mol. The monoisotopic (exact) mass is 426 g/mol. The van der Waals surface area contributed by atoms with Crippen LogP contribution in [-0.2, 0) is 18.3 Å². The van der Waals surface area contributed by atoms with Crippen molar-refractivity contribution in [1.29, 1.82) is 0 Å². The molecule has 0 unspecified atom stereocenters. The van der Waals surface area contributed by atoms with Gasteiger partial charge in [0.15, 0.2) is 0 Å². The number of rotatable bonds is 5. The van der Waals surface area contributed by atoms with Crippen LogP contribution in [0.3, 0.4) is 0 Å². The lowest BCUT2D eigenvalue weighted by atomic mass is 9.92. The Morgan fingerprint density at radius 3 is 2.47 bits per heavy atom. The van der Waals surface area contributed by atoms with Gasteiger partial charge in [-0.2, -0.15) is 0 Å². The van der Waals surface area contributed by atoms with Crippen molar-refractivity contribution in [2.24, 2.45) is 7.05 Å². The third-order valence-corrected chi connectivity index (χ3v) is 5.53. The van der Waals surface area contributed by atoms with Gasteiger partial charge in [0.2, 0.25) is 5.91 Å². The molecule has 0 saturated carbocycles. The molecule has 32 heavy (non-hydrogen) atoms. The van der Waals surface area contributed by atoms with E-state index in [4.69, 9.17) is 0 Å². The number of benzene rings is 3. The zero-order chi connectivity index (χ0) is 22.8. The van der Waals surface area contributed by atoms with E-state index in [0.29, 0.717) is 23.1 Å². The van der Waals surface area contributed by atoms with Crippen LogP contribution in [0.2, 0.25) is 0 Å². The highest BCUT2D eigenvalue weighted by molar-refractivity contribution is 6.01. The van der Waals surface area contributed by atoms with Crippen LogP contribution in [0.5, 0.6) is 0 Å². The fourth-order valence-corrected chi connectivity index (χ4v) is 3.88. The van der Waals surface area contributed by atoms with Crippen molar-refractivity contribution in [2.45, 2.75) is 13.3 Å². The Labute approximate surface area is 185 Å². The molecule has 4 aromatic rings. The van der Waals surface area contributed by atoms with E-state index >= 15 is 0 Å². The quantitative estimate of drug-likeness (QED) is 0.436. The van der Waals surface area contributed by atoms with Gasteiger partial charge in [0.05, 0.1) is 0 Å². The van der Waals surface area contributed by atoms with E-state index in [-0.39, 0.29) is 17.3 Å². The summed E-state index contributed by atoms with van der Waals surface area (Å²) in [4.78, 5) is 24.5. The highest BCUT2D eigenvalue weighted by Gasteiger charge is 2.15. The topological polar surface area (TPSA) is 51.1 Å². The number of fused-ring (bicyclic) bond motifs is 1. The molecule has 0 aliphatic heterocycles. The smallest absolute Gasteiger partial charge is 0.258 e. The maximum Gasteiger partial charge on any atom is 0.258 e. The Hall–Kier alpha value is -3.99. The Morgan fingerprint density at radius 2 is 1.75 bits per heavy atom. The SMILES string of the molecule is C=CC(=O)Nc1ccc(Cc2ccc(C)cc2F)c(-c2cn(C)c(=O)c3ccccc23)c1. The third kappa shape index (κ3) is 4.10. The minimum atomic E-state index is -0.321. The molecule has 4 rings (SSSR count). The van der Waals surface area contributed by atoms with Crippen LogP contribution in [0.4, 0.5) is 10.1 Å². The molecule has 0 spiro atoms. The molecule has 0 bridgehead atoms.